The number of aromatic amines is 1. The van der Waals surface area contributed by atoms with Crippen LogP contribution in [0.2, 0.25) is 0 Å². The molecule has 0 radical (unpaired) electrons. The summed E-state index contributed by atoms with van der Waals surface area (Å²) in [5.41, 5.74) is 5.57. The van der Waals surface area contributed by atoms with Crippen LogP contribution in [0.25, 0.3) is 5.69 Å². The Labute approximate surface area is 133 Å². The number of hydrogen-bond acceptors (Lipinski definition) is 1. The van der Waals surface area contributed by atoms with E-state index in [9.17, 15) is 4.79 Å². The van der Waals surface area contributed by atoms with Crippen LogP contribution in [0.4, 0.5) is 0 Å². The number of unbranched alkanes of at least 4 members (excludes halogenated alkanes) is 1. The summed E-state index contributed by atoms with van der Waals surface area (Å²) < 4.78 is 1.72. The molecule has 2 aromatic rings. The van der Waals surface area contributed by atoms with E-state index < -0.39 is 0 Å². The van der Waals surface area contributed by atoms with E-state index >= 15 is 0 Å². The van der Waals surface area contributed by atoms with Gasteiger partial charge in [-0.15, -0.1) is 0 Å². The summed E-state index contributed by atoms with van der Waals surface area (Å²) in [7, 11) is 0. The third kappa shape index (κ3) is 3.52. The van der Waals surface area contributed by atoms with Crippen LogP contribution in [0.5, 0.6) is 0 Å². The van der Waals surface area contributed by atoms with Gasteiger partial charge in [0.15, 0.2) is 0 Å². The molecule has 0 aliphatic heterocycles. The van der Waals surface area contributed by atoms with Gasteiger partial charge in [0, 0.05) is 11.3 Å². The Kier molecular flexibility index (Phi) is 5.28. The average molecular weight is 300 g/mol. The zero-order valence-corrected chi connectivity index (χ0v) is 14.5. The van der Waals surface area contributed by atoms with Gasteiger partial charge in [0.2, 0.25) is 0 Å². The summed E-state index contributed by atoms with van der Waals surface area (Å²) in [4.78, 5) is 12.8. The smallest absolute Gasteiger partial charge is 0.274 e. The molecule has 1 aromatic heterocycles. The van der Waals surface area contributed by atoms with Crippen molar-refractivity contribution in [3.05, 3.63) is 50.9 Å². The van der Waals surface area contributed by atoms with Gasteiger partial charge in [0.05, 0.1) is 5.69 Å². The third-order valence-corrected chi connectivity index (χ3v) is 4.21. The van der Waals surface area contributed by atoms with E-state index in [0.29, 0.717) is 5.92 Å². The van der Waals surface area contributed by atoms with Crippen molar-refractivity contribution in [1.29, 1.82) is 0 Å². The fourth-order valence-corrected chi connectivity index (χ4v) is 2.74. The van der Waals surface area contributed by atoms with Crippen molar-refractivity contribution in [2.45, 2.75) is 60.3 Å². The van der Waals surface area contributed by atoms with Crippen LogP contribution < -0.4 is 5.56 Å². The van der Waals surface area contributed by atoms with E-state index in [1.54, 1.807) is 4.68 Å². The molecule has 0 saturated heterocycles. The second-order valence-electron chi connectivity index (χ2n) is 6.68. The van der Waals surface area contributed by atoms with Crippen LogP contribution >= 0.6 is 0 Å². The molecule has 2 rings (SSSR count). The van der Waals surface area contributed by atoms with E-state index in [1.165, 1.54) is 11.1 Å². The molecule has 0 spiro atoms. The van der Waals surface area contributed by atoms with Gasteiger partial charge in [-0.25, -0.2) is 4.68 Å². The molecule has 0 saturated carbocycles. The highest BCUT2D eigenvalue weighted by Crippen LogP contribution is 2.16. The number of aromatic nitrogens is 2. The van der Waals surface area contributed by atoms with E-state index in [4.69, 9.17) is 0 Å². The maximum Gasteiger partial charge on any atom is 0.274 e. The van der Waals surface area contributed by atoms with E-state index in [-0.39, 0.29) is 5.56 Å². The lowest BCUT2D eigenvalue weighted by molar-refractivity contribution is 0.637. The van der Waals surface area contributed by atoms with Crippen molar-refractivity contribution in [3.8, 4) is 5.69 Å². The molecule has 22 heavy (non-hydrogen) atoms. The Bertz CT molecular complexity index is 692. The third-order valence-electron chi connectivity index (χ3n) is 4.21. The molecule has 0 fully saturated rings. The lowest BCUT2D eigenvalue weighted by atomic mass is 10.0. The molecule has 0 aliphatic carbocycles. The molecule has 0 bridgehead atoms. The minimum Gasteiger partial charge on any atom is -0.295 e. The number of aryl methyl sites for hydroxylation is 3. The first kappa shape index (κ1) is 16.6. The highest BCUT2D eigenvalue weighted by atomic mass is 16.1. The molecular weight excluding hydrogens is 272 g/mol. The molecule has 3 nitrogen and oxygen atoms in total. The molecule has 0 unspecified atom stereocenters. The Morgan fingerprint density at radius 2 is 1.91 bits per heavy atom. The molecular formula is C19H28N2O. The number of H-pyrrole nitrogens is 1. The lowest BCUT2D eigenvalue weighted by Gasteiger charge is -2.05. The van der Waals surface area contributed by atoms with Gasteiger partial charge in [-0.1, -0.05) is 33.3 Å². The highest BCUT2D eigenvalue weighted by molar-refractivity contribution is 5.40. The molecule has 0 atom stereocenters. The van der Waals surface area contributed by atoms with Crippen molar-refractivity contribution in [1.82, 2.24) is 9.78 Å². The maximum absolute atomic E-state index is 12.8. The fraction of sp³-hybridized carbons (Fsp3) is 0.526. The fourth-order valence-electron chi connectivity index (χ4n) is 2.74. The van der Waals surface area contributed by atoms with Crippen LogP contribution in [0.15, 0.2) is 23.0 Å². The number of benzene rings is 1. The number of nitrogens with one attached hydrogen (secondary N) is 1. The monoisotopic (exact) mass is 300 g/mol. The van der Waals surface area contributed by atoms with Gasteiger partial charge in [-0.05, 0) is 62.3 Å². The first-order chi connectivity index (χ1) is 10.4. The van der Waals surface area contributed by atoms with Gasteiger partial charge in [-0.2, -0.15) is 0 Å². The van der Waals surface area contributed by atoms with Crippen LogP contribution in [0.1, 0.15) is 56.0 Å². The Balaban J connectivity index is 2.49. The van der Waals surface area contributed by atoms with Crippen molar-refractivity contribution in [3.63, 3.8) is 0 Å². The quantitative estimate of drug-likeness (QED) is 0.847. The van der Waals surface area contributed by atoms with Crippen LogP contribution in [-0.2, 0) is 12.8 Å². The highest BCUT2D eigenvalue weighted by Gasteiger charge is 2.16. The minimum absolute atomic E-state index is 0.114. The van der Waals surface area contributed by atoms with Crippen molar-refractivity contribution in [2.75, 3.05) is 0 Å². The van der Waals surface area contributed by atoms with Gasteiger partial charge in [0.25, 0.3) is 5.56 Å². The first-order valence-electron chi connectivity index (χ1n) is 8.34. The normalized spacial score (nSPS) is 11.4. The SMILES string of the molecule is CCCCc1[nH]n(-c2ccc(C)c(C)c2)c(=O)c1CC(C)C. The Hall–Kier alpha value is -1.77. The molecule has 120 valence electrons. The average Bonchev–Trinajstić information content (AvgIpc) is 2.76. The first-order valence-corrected chi connectivity index (χ1v) is 8.34. The molecule has 1 N–H and O–H groups in total. The lowest BCUT2D eigenvalue weighted by Crippen LogP contribution is -2.18. The molecule has 1 aromatic carbocycles. The molecule has 1 heterocycles. The van der Waals surface area contributed by atoms with Gasteiger partial charge < -0.3 is 0 Å². The van der Waals surface area contributed by atoms with Crippen LogP contribution in [0.3, 0.4) is 0 Å². The number of nitrogens with zero attached hydrogens (tertiary/aromatic N) is 1. The van der Waals surface area contributed by atoms with E-state index in [2.05, 4.69) is 51.9 Å². The Morgan fingerprint density at radius 1 is 1.18 bits per heavy atom. The summed E-state index contributed by atoms with van der Waals surface area (Å²) in [6.07, 6.45) is 4.04. The summed E-state index contributed by atoms with van der Waals surface area (Å²) in [5, 5.41) is 3.36. The zero-order chi connectivity index (χ0) is 16.3. The van der Waals surface area contributed by atoms with Crippen molar-refractivity contribution >= 4 is 0 Å². The predicted molar refractivity (Wildman–Crippen MR) is 93.0 cm³/mol. The molecule has 0 amide bonds. The van der Waals surface area contributed by atoms with Gasteiger partial charge >= 0.3 is 0 Å². The predicted octanol–water partition coefficient (Wildman–Crippen LogP) is 4.32. The summed E-state index contributed by atoms with van der Waals surface area (Å²) in [5.74, 6) is 0.483. The van der Waals surface area contributed by atoms with Crippen LogP contribution in [0, 0.1) is 19.8 Å². The summed E-state index contributed by atoms with van der Waals surface area (Å²) in [6.45, 7) is 10.7. The number of rotatable bonds is 6. The summed E-state index contributed by atoms with van der Waals surface area (Å²) >= 11 is 0. The van der Waals surface area contributed by atoms with Gasteiger partial charge in [0.1, 0.15) is 0 Å². The second kappa shape index (κ2) is 6.99. The zero-order valence-electron chi connectivity index (χ0n) is 14.5. The topological polar surface area (TPSA) is 37.8 Å². The van der Waals surface area contributed by atoms with E-state index in [1.807, 2.05) is 6.07 Å². The summed E-state index contributed by atoms with van der Waals surface area (Å²) in [6, 6.07) is 6.17. The van der Waals surface area contributed by atoms with Crippen LogP contribution in [-0.4, -0.2) is 9.78 Å². The van der Waals surface area contributed by atoms with E-state index in [0.717, 1.165) is 42.6 Å². The second-order valence-corrected chi connectivity index (χ2v) is 6.68. The Morgan fingerprint density at radius 3 is 2.50 bits per heavy atom. The molecule has 3 heteroatoms. The largest absolute Gasteiger partial charge is 0.295 e. The maximum atomic E-state index is 12.8. The van der Waals surface area contributed by atoms with Crippen molar-refractivity contribution < 1.29 is 0 Å². The molecule has 0 aliphatic rings. The van der Waals surface area contributed by atoms with Crippen molar-refractivity contribution in [2.24, 2.45) is 5.92 Å². The standard InChI is InChI=1S/C19H28N2O/c1-6-7-8-18-17(11-13(2)3)19(22)21(20-18)16-10-9-14(4)15(5)12-16/h9-10,12-13,20H,6-8,11H2,1-5H3. The van der Waals surface area contributed by atoms with Gasteiger partial charge in [-0.3, -0.25) is 9.89 Å². The minimum atomic E-state index is 0.114. The number of hydrogen-bond donors (Lipinski definition) is 1.